The summed E-state index contributed by atoms with van der Waals surface area (Å²) in [5.74, 6) is -0.683. The zero-order valence-electron chi connectivity index (χ0n) is 17.9. The first-order chi connectivity index (χ1) is 15.2. The number of nitrogen functional groups attached to an aromatic ring is 1. The van der Waals surface area contributed by atoms with E-state index >= 15 is 0 Å². The summed E-state index contributed by atoms with van der Waals surface area (Å²) in [6.07, 6.45) is 0.0177. The van der Waals surface area contributed by atoms with Gasteiger partial charge in [-0.05, 0) is 20.3 Å². The van der Waals surface area contributed by atoms with Crippen LogP contribution in [0.2, 0.25) is 0 Å². The second-order valence-corrected chi connectivity index (χ2v) is 9.61. The molecule has 0 spiro atoms. The summed E-state index contributed by atoms with van der Waals surface area (Å²) in [4.78, 5) is 34.3. The highest BCUT2D eigenvalue weighted by atomic mass is 31.2. The van der Waals surface area contributed by atoms with Gasteiger partial charge in [-0.2, -0.15) is 4.98 Å². The fourth-order valence-corrected chi connectivity index (χ4v) is 5.26. The number of nitrogens with two attached hydrogens (primary N) is 1. The smallest absolute Gasteiger partial charge is 0.463 e. The number of nitrogens with one attached hydrogen (secondary N) is 1. The van der Waals surface area contributed by atoms with Gasteiger partial charge < -0.3 is 15.2 Å². The SMILES string of the molecule is CC(C)OC(=O)CCCOP1(=O)OC[C@H]2O[C@@H](n3cnc4c(=O)[nH]c(N)nc43)[C@@H](C)[C@@H]2O1. The Labute approximate surface area is 183 Å². The van der Waals surface area contributed by atoms with E-state index in [-0.39, 0.29) is 54.7 Å². The van der Waals surface area contributed by atoms with Gasteiger partial charge in [-0.3, -0.25) is 32.7 Å². The number of phosphoric acid groups is 1. The Morgan fingerprint density at radius 2 is 2.25 bits per heavy atom. The maximum Gasteiger partial charge on any atom is 0.475 e. The number of hydrogen-bond donors (Lipinski definition) is 2. The number of carbonyl (C=O) groups is 1. The average Bonchev–Trinajstić information content (AvgIpc) is 3.26. The normalized spacial score (nSPS) is 30.0. The molecule has 3 N–H and O–H groups in total. The molecular formula is C18H26N5O8P. The van der Waals surface area contributed by atoms with E-state index in [9.17, 15) is 14.2 Å². The third kappa shape index (κ3) is 4.57. The van der Waals surface area contributed by atoms with Crippen molar-refractivity contribution in [1.29, 1.82) is 0 Å². The van der Waals surface area contributed by atoms with Crippen molar-refractivity contribution in [3.05, 3.63) is 16.7 Å². The number of H-pyrrole nitrogens is 1. The van der Waals surface area contributed by atoms with Crippen molar-refractivity contribution in [2.24, 2.45) is 5.92 Å². The summed E-state index contributed by atoms with van der Waals surface area (Å²) in [5.41, 5.74) is 5.61. The van der Waals surface area contributed by atoms with Gasteiger partial charge in [0.1, 0.15) is 18.4 Å². The number of ether oxygens (including phenoxy) is 2. The molecule has 0 bridgehead atoms. The molecule has 1 unspecified atom stereocenters. The zero-order chi connectivity index (χ0) is 23.0. The van der Waals surface area contributed by atoms with Crippen LogP contribution in [0.25, 0.3) is 11.2 Å². The predicted octanol–water partition coefficient (Wildman–Crippen LogP) is 1.51. The Hall–Kier alpha value is -2.31. The number of phosphoric ester groups is 1. The van der Waals surface area contributed by atoms with Crippen LogP contribution < -0.4 is 11.3 Å². The van der Waals surface area contributed by atoms with Crippen LogP contribution in [0.1, 0.15) is 39.8 Å². The van der Waals surface area contributed by atoms with E-state index in [0.29, 0.717) is 6.42 Å². The molecule has 0 aliphatic carbocycles. The molecule has 0 saturated carbocycles. The van der Waals surface area contributed by atoms with Crippen LogP contribution in [0.3, 0.4) is 0 Å². The number of nitrogens with zero attached hydrogens (tertiary/aromatic N) is 3. The van der Waals surface area contributed by atoms with Crippen molar-refractivity contribution < 1.29 is 32.4 Å². The van der Waals surface area contributed by atoms with Crippen molar-refractivity contribution in [2.75, 3.05) is 18.9 Å². The van der Waals surface area contributed by atoms with Crippen LogP contribution in [0, 0.1) is 5.92 Å². The van der Waals surface area contributed by atoms with E-state index in [1.807, 2.05) is 6.92 Å². The third-order valence-electron chi connectivity index (χ3n) is 5.16. The topological polar surface area (TPSA) is 170 Å². The molecule has 14 heteroatoms. The number of esters is 1. The van der Waals surface area contributed by atoms with Crippen molar-refractivity contribution in [3.8, 4) is 0 Å². The lowest BCUT2D eigenvalue weighted by Crippen LogP contribution is -2.36. The van der Waals surface area contributed by atoms with Gasteiger partial charge in [0.25, 0.3) is 5.56 Å². The third-order valence-corrected chi connectivity index (χ3v) is 6.63. The molecular weight excluding hydrogens is 445 g/mol. The molecule has 2 aliphatic rings. The second-order valence-electron chi connectivity index (χ2n) is 7.99. The van der Waals surface area contributed by atoms with E-state index in [4.69, 9.17) is 28.8 Å². The largest absolute Gasteiger partial charge is 0.475 e. The number of anilines is 1. The first-order valence-corrected chi connectivity index (χ1v) is 11.8. The standard InChI is InChI=1S/C18H26N5O8P/c1-9(2)29-12(24)5-4-6-27-32(26)28-7-11-14(31-32)10(3)17(30-11)23-8-20-13-15(23)21-18(19)22-16(13)25/h8-11,14,17H,4-7H2,1-3H3,(H3,19,21,22,25)/t10-,11+,14-,17+,32?/m0/s1. The minimum absolute atomic E-state index is 0.000948. The molecule has 4 heterocycles. The molecule has 4 rings (SSSR count). The fraction of sp³-hybridized carbons (Fsp3) is 0.667. The van der Waals surface area contributed by atoms with Crippen molar-refractivity contribution >= 4 is 30.9 Å². The number of hydrogen-bond acceptors (Lipinski definition) is 11. The highest BCUT2D eigenvalue weighted by Gasteiger charge is 2.52. The quantitative estimate of drug-likeness (QED) is 0.341. The molecule has 0 aromatic carbocycles. The van der Waals surface area contributed by atoms with E-state index in [1.165, 1.54) is 6.33 Å². The van der Waals surface area contributed by atoms with Crippen LogP contribution >= 0.6 is 7.82 Å². The Balaban J connectivity index is 1.40. The first kappa shape index (κ1) is 22.9. The number of imidazole rings is 1. The van der Waals surface area contributed by atoms with Gasteiger partial charge in [0.05, 0.1) is 25.6 Å². The number of aromatic amines is 1. The Bertz CT molecular complexity index is 1100. The second kappa shape index (κ2) is 8.91. The molecule has 5 atom stereocenters. The minimum Gasteiger partial charge on any atom is -0.463 e. The molecule has 0 radical (unpaired) electrons. The van der Waals surface area contributed by atoms with Crippen molar-refractivity contribution in [2.45, 2.75) is 58.2 Å². The van der Waals surface area contributed by atoms with Crippen molar-refractivity contribution in [3.63, 3.8) is 0 Å². The number of carbonyl (C=O) groups excluding carboxylic acids is 1. The van der Waals surface area contributed by atoms with Gasteiger partial charge >= 0.3 is 13.8 Å². The zero-order valence-corrected chi connectivity index (χ0v) is 18.8. The van der Waals surface area contributed by atoms with Crippen LogP contribution in [0.5, 0.6) is 0 Å². The lowest BCUT2D eigenvalue weighted by molar-refractivity contribution is -0.147. The number of fused-ring (bicyclic) bond motifs is 2. The van der Waals surface area contributed by atoms with E-state index < -0.39 is 31.8 Å². The van der Waals surface area contributed by atoms with Crippen LogP contribution in [0.15, 0.2) is 11.1 Å². The predicted molar refractivity (Wildman–Crippen MR) is 110 cm³/mol. The fourth-order valence-electron chi connectivity index (χ4n) is 3.75. The molecule has 13 nitrogen and oxygen atoms in total. The van der Waals surface area contributed by atoms with E-state index in [1.54, 1.807) is 18.4 Å². The average molecular weight is 471 g/mol. The number of aromatic nitrogens is 4. The molecule has 2 aliphatic heterocycles. The first-order valence-electron chi connectivity index (χ1n) is 10.3. The Morgan fingerprint density at radius 3 is 3.00 bits per heavy atom. The summed E-state index contributed by atoms with van der Waals surface area (Å²) in [7, 11) is -3.82. The lowest BCUT2D eigenvalue weighted by Gasteiger charge is -2.31. The highest BCUT2D eigenvalue weighted by molar-refractivity contribution is 7.48. The molecule has 32 heavy (non-hydrogen) atoms. The van der Waals surface area contributed by atoms with E-state index in [0.717, 1.165) is 0 Å². The monoisotopic (exact) mass is 471 g/mol. The molecule has 2 saturated heterocycles. The molecule has 2 aromatic heterocycles. The Morgan fingerprint density at radius 1 is 1.47 bits per heavy atom. The van der Waals surface area contributed by atoms with Crippen LogP contribution in [-0.2, 0) is 32.4 Å². The summed E-state index contributed by atoms with van der Waals surface area (Å²) < 4.78 is 42.0. The summed E-state index contributed by atoms with van der Waals surface area (Å²) >= 11 is 0. The maximum absolute atomic E-state index is 12.9. The minimum atomic E-state index is -3.82. The summed E-state index contributed by atoms with van der Waals surface area (Å²) in [6, 6.07) is 0. The van der Waals surface area contributed by atoms with Gasteiger partial charge in [0.2, 0.25) is 5.95 Å². The van der Waals surface area contributed by atoms with Gasteiger partial charge in [0.15, 0.2) is 11.2 Å². The van der Waals surface area contributed by atoms with E-state index in [2.05, 4.69) is 15.0 Å². The van der Waals surface area contributed by atoms with Crippen LogP contribution in [0.4, 0.5) is 5.95 Å². The molecule has 2 fully saturated rings. The Kier molecular flexibility index (Phi) is 6.37. The lowest BCUT2D eigenvalue weighted by atomic mass is 10.0. The highest BCUT2D eigenvalue weighted by Crippen LogP contribution is 2.58. The molecule has 176 valence electrons. The maximum atomic E-state index is 12.9. The number of rotatable bonds is 7. The van der Waals surface area contributed by atoms with Crippen molar-refractivity contribution in [1.82, 2.24) is 19.5 Å². The van der Waals surface area contributed by atoms with Gasteiger partial charge in [-0.1, -0.05) is 6.92 Å². The van der Waals surface area contributed by atoms with Crippen LogP contribution in [-0.4, -0.2) is 57.0 Å². The summed E-state index contributed by atoms with van der Waals surface area (Å²) in [6.45, 7) is 5.40. The van der Waals surface area contributed by atoms with Gasteiger partial charge in [0, 0.05) is 12.3 Å². The van der Waals surface area contributed by atoms with Gasteiger partial charge in [-0.25, -0.2) is 9.55 Å². The molecule has 0 amide bonds. The van der Waals surface area contributed by atoms with Gasteiger partial charge in [-0.15, -0.1) is 0 Å². The molecule has 2 aromatic rings. The summed E-state index contributed by atoms with van der Waals surface area (Å²) in [5, 5.41) is 0.